The van der Waals surface area contributed by atoms with Gasteiger partial charge in [0.15, 0.2) is 5.69 Å². The molecule has 2 amide bonds. The number of hydrogen-bond donors (Lipinski definition) is 0. The number of carbonyl (C=O) groups is 4. The maximum atomic E-state index is 13.9. The van der Waals surface area contributed by atoms with Crippen LogP contribution in [0.25, 0.3) is 47.9 Å². The van der Waals surface area contributed by atoms with Crippen molar-refractivity contribution in [1.82, 2.24) is 4.90 Å². The molecule has 8 heteroatoms. The van der Waals surface area contributed by atoms with Gasteiger partial charge in [-0.05, 0) is 90.2 Å². The molecule has 1 atom stereocenters. The fourth-order valence-electron chi connectivity index (χ4n) is 6.87. The van der Waals surface area contributed by atoms with Crippen molar-refractivity contribution in [2.45, 2.75) is 40.0 Å². The Morgan fingerprint density at radius 3 is 2.20 bits per heavy atom. The van der Waals surface area contributed by atoms with Crippen molar-refractivity contribution in [3.05, 3.63) is 87.3 Å². The number of nitrogens with zero attached hydrogens (tertiary/aromatic N) is 3. The van der Waals surface area contributed by atoms with Gasteiger partial charge in [-0.15, -0.1) is 0 Å². The van der Waals surface area contributed by atoms with Gasteiger partial charge >= 0.3 is 11.9 Å². The first-order valence-corrected chi connectivity index (χ1v) is 14.5. The highest BCUT2D eigenvalue weighted by Gasteiger charge is 2.37. The monoisotopic (exact) mass is 579 g/mol. The number of fused-ring (bicyclic) bond motifs is 2. The van der Waals surface area contributed by atoms with E-state index in [4.69, 9.17) is 11.3 Å². The minimum atomic E-state index is -0.838. The lowest BCUT2D eigenvalue weighted by atomic mass is 9.80. The van der Waals surface area contributed by atoms with Gasteiger partial charge in [0.05, 0.1) is 34.9 Å². The summed E-state index contributed by atoms with van der Waals surface area (Å²) >= 11 is 0. The average Bonchev–Trinajstić information content (AvgIpc) is 3.00. The van der Waals surface area contributed by atoms with Crippen LogP contribution in [0.3, 0.4) is 0 Å². The number of imide groups is 1. The fourth-order valence-corrected chi connectivity index (χ4v) is 6.87. The molecule has 0 bridgehead atoms. The van der Waals surface area contributed by atoms with Crippen molar-refractivity contribution in [1.29, 1.82) is 5.26 Å². The molecule has 214 valence electrons. The first-order valence-electron chi connectivity index (χ1n) is 14.5. The third-order valence-corrected chi connectivity index (χ3v) is 8.96. The summed E-state index contributed by atoms with van der Waals surface area (Å²) in [4.78, 5) is 58.3. The quantitative estimate of drug-likeness (QED) is 0.0386. The van der Waals surface area contributed by atoms with Gasteiger partial charge in [-0.25, -0.2) is 14.4 Å². The van der Waals surface area contributed by atoms with Crippen molar-refractivity contribution < 1.29 is 23.9 Å². The fraction of sp³-hybridized carbons (Fsp3) is 0.222. The molecule has 0 spiro atoms. The highest BCUT2D eigenvalue weighted by atomic mass is 16.6. The van der Waals surface area contributed by atoms with Crippen LogP contribution in [0.15, 0.2) is 48.0 Å². The van der Waals surface area contributed by atoms with E-state index in [1.807, 2.05) is 0 Å². The summed E-state index contributed by atoms with van der Waals surface area (Å²) < 4.78 is 4.94. The highest BCUT2D eigenvalue weighted by Crippen LogP contribution is 2.50. The summed E-state index contributed by atoms with van der Waals surface area (Å²) in [5.74, 6) is -2.16. The van der Waals surface area contributed by atoms with Crippen molar-refractivity contribution in [2.24, 2.45) is 5.92 Å². The second kappa shape index (κ2) is 9.72. The second-order valence-corrected chi connectivity index (χ2v) is 11.9. The Morgan fingerprint density at radius 2 is 1.50 bits per heavy atom. The third kappa shape index (κ3) is 3.68. The number of nitriles is 1. The Morgan fingerprint density at radius 1 is 0.864 bits per heavy atom. The number of esters is 2. The number of ether oxygens (including phenoxy) is 1. The van der Waals surface area contributed by atoms with Crippen LogP contribution in [0.5, 0.6) is 0 Å². The van der Waals surface area contributed by atoms with E-state index in [1.54, 1.807) is 30.3 Å². The number of carbonyl (C=O) groups excluding carboxylic acids is 4. The van der Waals surface area contributed by atoms with Crippen LogP contribution >= 0.6 is 0 Å². The van der Waals surface area contributed by atoms with Gasteiger partial charge in [-0.3, -0.25) is 14.5 Å². The second-order valence-electron chi connectivity index (χ2n) is 11.9. The van der Waals surface area contributed by atoms with E-state index in [0.29, 0.717) is 61.0 Å². The van der Waals surface area contributed by atoms with E-state index in [1.165, 1.54) is 16.5 Å². The lowest BCUT2D eigenvalue weighted by Crippen LogP contribution is -2.41. The highest BCUT2D eigenvalue weighted by molar-refractivity contribution is 6.42. The first-order chi connectivity index (χ1) is 21.2. The van der Waals surface area contributed by atoms with Crippen LogP contribution in [-0.4, -0.2) is 35.2 Å². The van der Waals surface area contributed by atoms with Crippen LogP contribution in [0, 0.1) is 23.8 Å². The Labute approximate surface area is 252 Å². The standard InChI is InChI=1S/C36H25N3O5/c1-17(2)6-5-7-18(3)12-13-39-33(40)22-10-8-21-30-26(38-4)15-25-29-23(35(42)44-36(25)43)11-9-20(32(29)30)27-19(16-37)14-24(34(39)41)28(22)31(21)27/h6,8-11,14-15,18H,5,7,12-13H2,1-3H3. The first kappa shape index (κ1) is 27.2. The molecule has 1 unspecified atom stereocenters. The summed E-state index contributed by atoms with van der Waals surface area (Å²) in [5.41, 5.74) is 2.58. The van der Waals surface area contributed by atoms with Gasteiger partial charge in [0, 0.05) is 28.3 Å². The summed E-state index contributed by atoms with van der Waals surface area (Å²) in [6, 6.07) is 11.9. The lowest BCUT2D eigenvalue weighted by molar-refractivity contribution is 0.0390. The predicted molar refractivity (Wildman–Crippen MR) is 166 cm³/mol. The predicted octanol–water partition coefficient (Wildman–Crippen LogP) is 7.84. The molecule has 0 N–H and O–H groups in total. The Bertz CT molecular complexity index is 2300. The largest absolute Gasteiger partial charge is 0.386 e. The number of benzene rings is 5. The molecular weight excluding hydrogens is 554 g/mol. The number of hydrogen-bond acceptors (Lipinski definition) is 6. The Kier molecular flexibility index (Phi) is 6.02. The van der Waals surface area contributed by atoms with Gasteiger partial charge in [0.1, 0.15) is 0 Å². The van der Waals surface area contributed by atoms with Crippen LogP contribution in [-0.2, 0) is 4.74 Å². The van der Waals surface area contributed by atoms with Crippen molar-refractivity contribution in [3.63, 3.8) is 0 Å². The van der Waals surface area contributed by atoms with E-state index in [2.05, 4.69) is 37.8 Å². The average molecular weight is 580 g/mol. The molecule has 0 radical (unpaired) electrons. The normalized spacial score (nSPS) is 14.8. The zero-order valence-electron chi connectivity index (χ0n) is 24.3. The topological polar surface area (TPSA) is 109 Å². The molecule has 2 aliphatic heterocycles. The molecule has 5 aromatic rings. The van der Waals surface area contributed by atoms with Crippen LogP contribution in [0.4, 0.5) is 5.69 Å². The number of rotatable bonds is 6. The minimum Gasteiger partial charge on any atom is -0.386 e. The van der Waals surface area contributed by atoms with Crippen molar-refractivity contribution in [2.75, 3.05) is 6.54 Å². The van der Waals surface area contributed by atoms with Gasteiger partial charge in [-0.2, -0.15) is 5.26 Å². The molecule has 0 fully saturated rings. The van der Waals surface area contributed by atoms with Crippen LogP contribution < -0.4 is 0 Å². The molecule has 7 rings (SSSR count). The molecule has 2 heterocycles. The minimum absolute atomic E-state index is 0.106. The van der Waals surface area contributed by atoms with E-state index in [0.717, 1.165) is 12.8 Å². The van der Waals surface area contributed by atoms with Gasteiger partial charge in [0.25, 0.3) is 11.8 Å². The van der Waals surface area contributed by atoms with E-state index in [9.17, 15) is 24.4 Å². The summed E-state index contributed by atoms with van der Waals surface area (Å²) in [5, 5.41) is 14.3. The zero-order chi connectivity index (χ0) is 31.0. The lowest BCUT2D eigenvalue weighted by Gasteiger charge is -2.30. The Hall–Kier alpha value is -5.60. The van der Waals surface area contributed by atoms with Crippen LogP contribution in [0.2, 0.25) is 0 Å². The zero-order valence-corrected chi connectivity index (χ0v) is 24.3. The molecular formula is C36H25N3O5. The number of allylic oxidation sites excluding steroid dienone is 2. The molecule has 2 aliphatic rings. The molecule has 0 saturated carbocycles. The summed E-state index contributed by atoms with van der Waals surface area (Å²) in [7, 11) is 0. The van der Waals surface area contributed by atoms with Gasteiger partial charge in [0.2, 0.25) is 0 Å². The van der Waals surface area contributed by atoms with Crippen molar-refractivity contribution in [3.8, 4) is 6.07 Å². The summed E-state index contributed by atoms with van der Waals surface area (Å²) in [6.45, 7) is 14.5. The van der Waals surface area contributed by atoms with E-state index >= 15 is 0 Å². The maximum Gasteiger partial charge on any atom is 0.346 e. The molecule has 0 saturated heterocycles. The smallest absolute Gasteiger partial charge is 0.346 e. The number of amides is 2. The van der Waals surface area contributed by atoms with Crippen LogP contribution in [0.1, 0.15) is 87.0 Å². The van der Waals surface area contributed by atoms with Crippen molar-refractivity contribution >= 4 is 72.5 Å². The van der Waals surface area contributed by atoms with E-state index < -0.39 is 23.8 Å². The summed E-state index contributed by atoms with van der Waals surface area (Å²) in [6.07, 6.45) is 4.72. The Balaban J connectivity index is 1.48. The van der Waals surface area contributed by atoms with E-state index in [-0.39, 0.29) is 34.5 Å². The molecule has 0 aromatic heterocycles. The third-order valence-electron chi connectivity index (χ3n) is 8.96. The van der Waals surface area contributed by atoms with Gasteiger partial charge in [-0.1, -0.05) is 30.7 Å². The molecule has 5 aromatic carbocycles. The number of cyclic esters (lactones) is 2. The van der Waals surface area contributed by atoms with Gasteiger partial charge < -0.3 is 4.74 Å². The molecule has 8 nitrogen and oxygen atoms in total. The maximum absolute atomic E-state index is 13.9. The molecule has 44 heavy (non-hydrogen) atoms. The molecule has 0 aliphatic carbocycles. The SMILES string of the molecule is [C-]#[N+]c1cc2c3c(ccc4c5c(C#N)cc6c7c(ccc(c1c34)c75)C(=O)N(CCC(C)CCC=C(C)C)C6=O)C(=O)OC2=O.